The van der Waals surface area contributed by atoms with Crippen LogP contribution in [0, 0.1) is 0 Å². The molecule has 7 nitrogen and oxygen atoms in total. The number of ether oxygens (including phenoxy) is 1. The summed E-state index contributed by atoms with van der Waals surface area (Å²) in [6.45, 7) is 0. The topological polar surface area (TPSA) is 118 Å². The minimum atomic E-state index is -6.62. The summed E-state index contributed by atoms with van der Waals surface area (Å²) in [5.74, 6) is -3.95. The van der Waals surface area contributed by atoms with Crippen LogP contribution in [0.5, 0.6) is 0 Å². The number of carbonyl (C=O) groups excluding carboxylic acids is 1. The van der Waals surface area contributed by atoms with Gasteiger partial charge in [0.15, 0.2) is 0 Å². The number of carboxylic acids is 1. The Bertz CT molecular complexity index is 1050. The van der Waals surface area contributed by atoms with Gasteiger partial charge in [-0.3, -0.25) is 4.55 Å². The molecule has 152 valence electrons. The maximum Gasteiger partial charge on any atom is 0.432 e. The van der Waals surface area contributed by atoms with Gasteiger partial charge >= 0.3 is 33.5 Å². The van der Waals surface area contributed by atoms with Crippen LogP contribution in [-0.2, 0) is 14.9 Å². The van der Waals surface area contributed by atoms with Crippen LogP contribution >= 0.6 is 0 Å². The van der Waals surface area contributed by atoms with Gasteiger partial charge in [0, 0.05) is 0 Å². The number of hydrogen-bond acceptors (Lipinski definition) is 5. The maximum atomic E-state index is 13.5. The molecular formula is C15H9F5O7S. The maximum absolute atomic E-state index is 13.5. The van der Waals surface area contributed by atoms with E-state index in [4.69, 9.17) is 9.66 Å². The van der Waals surface area contributed by atoms with E-state index in [9.17, 15) is 40.0 Å². The number of carbonyl (C=O) groups is 2. The van der Waals surface area contributed by atoms with Crippen LogP contribution in [0.3, 0.4) is 0 Å². The summed E-state index contributed by atoms with van der Waals surface area (Å²) >= 11 is 0. The first-order valence-electron chi connectivity index (χ1n) is 7.05. The van der Waals surface area contributed by atoms with Crippen LogP contribution in [0.2, 0.25) is 0 Å². The number of rotatable bonds is 5. The van der Waals surface area contributed by atoms with Crippen LogP contribution in [0.15, 0.2) is 36.4 Å². The quantitative estimate of drug-likeness (QED) is 0.427. The third-order valence-corrected chi connectivity index (χ3v) is 4.41. The van der Waals surface area contributed by atoms with Crippen LogP contribution in [0.1, 0.15) is 20.7 Å². The lowest BCUT2D eigenvalue weighted by atomic mass is 10.0. The van der Waals surface area contributed by atoms with Gasteiger partial charge in [-0.2, -0.15) is 30.4 Å². The fourth-order valence-corrected chi connectivity index (χ4v) is 2.67. The van der Waals surface area contributed by atoms with Crippen molar-refractivity contribution in [2.75, 3.05) is 0 Å². The number of alkyl halides is 5. The first kappa shape index (κ1) is 21.5. The summed E-state index contributed by atoms with van der Waals surface area (Å²) in [4.78, 5) is 23.3. The number of benzene rings is 2. The summed E-state index contributed by atoms with van der Waals surface area (Å²) < 4.78 is 99.0. The predicted molar refractivity (Wildman–Crippen MR) is 82.7 cm³/mol. The van der Waals surface area contributed by atoms with E-state index in [1.54, 1.807) is 0 Å². The Kier molecular flexibility index (Phi) is 5.36. The van der Waals surface area contributed by atoms with E-state index in [1.165, 1.54) is 24.3 Å². The molecule has 0 saturated heterocycles. The summed E-state index contributed by atoms with van der Waals surface area (Å²) in [5.41, 5.74) is -1.88. The molecule has 1 atom stereocenters. The number of hydrogen-bond donors (Lipinski definition) is 2. The summed E-state index contributed by atoms with van der Waals surface area (Å²) in [5, 5.41) is 3.66. The van der Waals surface area contributed by atoms with Crippen molar-refractivity contribution in [3.63, 3.8) is 0 Å². The van der Waals surface area contributed by atoms with Crippen molar-refractivity contribution in [3.05, 3.63) is 47.5 Å². The first-order chi connectivity index (χ1) is 12.7. The molecule has 0 radical (unpaired) electrons. The highest BCUT2D eigenvalue weighted by Gasteiger charge is 2.66. The van der Waals surface area contributed by atoms with E-state index in [0.717, 1.165) is 12.1 Å². The van der Waals surface area contributed by atoms with E-state index in [2.05, 4.69) is 4.74 Å². The molecule has 1 unspecified atom stereocenters. The molecule has 0 fully saturated rings. The molecule has 0 aliphatic rings. The Balaban J connectivity index is 2.58. The van der Waals surface area contributed by atoms with Gasteiger partial charge in [0.05, 0.1) is 11.1 Å². The lowest BCUT2D eigenvalue weighted by molar-refractivity contribution is -0.248. The minimum Gasteiger partial charge on any atom is -0.478 e. The van der Waals surface area contributed by atoms with E-state index in [-0.39, 0.29) is 10.8 Å². The summed E-state index contributed by atoms with van der Waals surface area (Å²) in [6.07, 6.45) is -10.7. The van der Waals surface area contributed by atoms with E-state index in [0.29, 0.717) is 0 Å². The molecular weight excluding hydrogens is 419 g/mol. The van der Waals surface area contributed by atoms with Crippen molar-refractivity contribution in [2.45, 2.75) is 17.5 Å². The van der Waals surface area contributed by atoms with Gasteiger partial charge in [0.2, 0.25) is 0 Å². The average Bonchev–Trinajstić information content (AvgIpc) is 2.55. The Hall–Kier alpha value is -2.80. The highest BCUT2D eigenvalue weighted by molar-refractivity contribution is 7.86. The van der Waals surface area contributed by atoms with E-state index < -0.39 is 50.7 Å². The third-order valence-electron chi connectivity index (χ3n) is 3.51. The van der Waals surface area contributed by atoms with Crippen LogP contribution < -0.4 is 0 Å². The van der Waals surface area contributed by atoms with Gasteiger partial charge in [-0.25, -0.2) is 9.59 Å². The molecule has 0 spiro atoms. The number of carboxylic acid groups (broad SMARTS) is 1. The Morgan fingerprint density at radius 3 is 1.82 bits per heavy atom. The molecule has 2 aromatic rings. The van der Waals surface area contributed by atoms with Gasteiger partial charge in [0.1, 0.15) is 0 Å². The van der Waals surface area contributed by atoms with Crippen LogP contribution in [-0.4, -0.2) is 47.6 Å². The smallest absolute Gasteiger partial charge is 0.432 e. The monoisotopic (exact) mass is 428 g/mol. The Labute approximate surface area is 153 Å². The van der Waals surface area contributed by atoms with Gasteiger partial charge in [-0.15, -0.1) is 0 Å². The fourth-order valence-electron chi connectivity index (χ4n) is 2.22. The third kappa shape index (κ3) is 4.04. The van der Waals surface area contributed by atoms with Crippen molar-refractivity contribution >= 4 is 32.8 Å². The van der Waals surface area contributed by atoms with Crippen molar-refractivity contribution in [1.29, 1.82) is 0 Å². The molecule has 2 aromatic carbocycles. The van der Waals surface area contributed by atoms with Gasteiger partial charge in [-0.05, 0) is 22.9 Å². The van der Waals surface area contributed by atoms with Crippen molar-refractivity contribution in [3.8, 4) is 0 Å². The second-order valence-electron chi connectivity index (χ2n) is 5.41. The molecule has 28 heavy (non-hydrogen) atoms. The second-order valence-corrected chi connectivity index (χ2v) is 6.91. The molecule has 13 heteroatoms. The number of fused-ring (bicyclic) bond motifs is 1. The Morgan fingerprint density at radius 1 is 0.964 bits per heavy atom. The summed E-state index contributed by atoms with van der Waals surface area (Å²) in [7, 11) is -6.62. The van der Waals surface area contributed by atoms with Crippen molar-refractivity contribution in [1.82, 2.24) is 0 Å². The molecule has 0 amide bonds. The number of esters is 1. The average molecular weight is 428 g/mol. The van der Waals surface area contributed by atoms with E-state index >= 15 is 0 Å². The van der Waals surface area contributed by atoms with E-state index in [1.807, 2.05) is 0 Å². The standard InChI is InChI=1S/C15H9F5O7S/c16-14(17,18)13(15(19,20)28(24,25)26)27-12(23)10-6-8-4-2-1-3-7(8)5-9(10)11(21)22/h1-6,13H,(H,21,22)(H,24,25,26). The molecule has 2 rings (SSSR count). The van der Waals surface area contributed by atoms with Crippen LogP contribution in [0.4, 0.5) is 22.0 Å². The zero-order valence-electron chi connectivity index (χ0n) is 13.3. The zero-order valence-corrected chi connectivity index (χ0v) is 14.1. The van der Waals surface area contributed by atoms with Gasteiger partial charge in [-0.1, -0.05) is 24.3 Å². The van der Waals surface area contributed by atoms with Gasteiger partial charge < -0.3 is 9.84 Å². The molecule has 0 aromatic heterocycles. The highest BCUT2D eigenvalue weighted by atomic mass is 32.2. The highest BCUT2D eigenvalue weighted by Crippen LogP contribution is 2.38. The second kappa shape index (κ2) is 6.98. The molecule has 0 aliphatic heterocycles. The largest absolute Gasteiger partial charge is 0.478 e. The lowest BCUT2D eigenvalue weighted by Crippen LogP contribution is -2.52. The molecule has 0 aliphatic carbocycles. The summed E-state index contributed by atoms with van der Waals surface area (Å²) in [6, 6.07) is 7.41. The first-order valence-corrected chi connectivity index (χ1v) is 8.49. The Morgan fingerprint density at radius 2 is 1.43 bits per heavy atom. The fraction of sp³-hybridized carbons (Fsp3) is 0.200. The SMILES string of the molecule is O=C(O)c1cc2ccccc2cc1C(=O)OC(C(F)(F)F)C(F)(F)S(=O)(=O)O. The number of aromatic carboxylic acids is 1. The van der Waals surface area contributed by atoms with Gasteiger partial charge in [0.25, 0.3) is 6.10 Å². The zero-order chi connectivity index (χ0) is 21.5. The minimum absolute atomic E-state index is 0.171. The molecule has 0 heterocycles. The van der Waals surface area contributed by atoms with Crippen molar-refractivity contribution < 1.29 is 54.4 Å². The number of halogens is 5. The normalized spacial score (nSPS) is 13.9. The molecule has 2 N–H and O–H groups in total. The van der Waals surface area contributed by atoms with Crippen molar-refractivity contribution in [2.24, 2.45) is 0 Å². The predicted octanol–water partition coefficient (Wildman–Crippen LogP) is 3.11. The molecule has 0 bridgehead atoms. The molecule has 0 saturated carbocycles. The van der Waals surface area contributed by atoms with Crippen LogP contribution in [0.25, 0.3) is 10.8 Å². The lowest BCUT2D eigenvalue weighted by Gasteiger charge is -2.26.